The van der Waals surface area contributed by atoms with Gasteiger partial charge in [-0.05, 0) is 85.8 Å². The van der Waals surface area contributed by atoms with Crippen molar-refractivity contribution < 1.29 is 4.42 Å². The summed E-state index contributed by atoms with van der Waals surface area (Å²) in [7, 11) is 0. The predicted octanol–water partition coefficient (Wildman–Crippen LogP) is 15.4. The first-order valence-electron chi connectivity index (χ1n) is 19.5. The minimum Gasteiger partial charge on any atom is -0.455 e. The molecule has 1 aliphatic rings. The normalized spacial score (nSPS) is 13.3. The summed E-state index contributed by atoms with van der Waals surface area (Å²) in [5.74, 6) is 0.802. The highest BCUT2D eigenvalue weighted by molar-refractivity contribution is 6.13. The molecule has 0 saturated heterocycles. The van der Waals surface area contributed by atoms with Crippen molar-refractivity contribution in [2.45, 2.75) is 40.0 Å². The van der Waals surface area contributed by atoms with Crippen LogP contribution in [0.2, 0.25) is 0 Å². The molecule has 0 spiro atoms. The molecular formula is C53H46N2O. The standard InChI is InChI=1S/C42H26N2O.C10H16.CH4/c1-5-19-37-31(13-1)32-14-2-6-20-38(32)43(37)28-12-9-11-27(25-28)30-17-10-18-35-36-26-29(23-24-41(36)45-42(30)35)44-39-21-7-3-15-33(39)34-16-4-8-22-40(34)44;1-3-6-9(2)10-7-4-5-8-10;/h1-26H;3,6,10H,2,4-5,7-8H2,1H3;1H4/b;6-3-;. The predicted molar refractivity (Wildman–Crippen MR) is 240 cm³/mol. The van der Waals surface area contributed by atoms with E-state index >= 15 is 0 Å². The second-order valence-corrected chi connectivity index (χ2v) is 14.8. The maximum atomic E-state index is 6.64. The first kappa shape index (κ1) is 35.1. The topological polar surface area (TPSA) is 23.0 Å². The smallest absolute Gasteiger partial charge is 0.143 e. The Labute approximate surface area is 328 Å². The number of rotatable bonds is 5. The van der Waals surface area contributed by atoms with E-state index in [-0.39, 0.29) is 7.43 Å². The monoisotopic (exact) mass is 726 g/mol. The molecule has 0 radical (unpaired) electrons. The molecule has 0 bridgehead atoms. The van der Waals surface area contributed by atoms with E-state index in [1.165, 1.54) is 74.9 Å². The number of para-hydroxylation sites is 5. The number of aromatic nitrogens is 2. The van der Waals surface area contributed by atoms with Crippen molar-refractivity contribution in [3.8, 4) is 22.5 Å². The number of benzene rings is 7. The van der Waals surface area contributed by atoms with Crippen LogP contribution >= 0.6 is 0 Å². The van der Waals surface area contributed by atoms with Crippen LogP contribution < -0.4 is 0 Å². The maximum absolute atomic E-state index is 6.64. The van der Waals surface area contributed by atoms with E-state index in [1.807, 2.05) is 0 Å². The van der Waals surface area contributed by atoms with Gasteiger partial charge in [0, 0.05) is 49.3 Å². The lowest BCUT2D eigenvalue weighted by Gasteiger charge is -2.10. The average Bonchev–Trinajstić information content (AvgIpc) is 4.04. The van der Waals surface area contributed by atoms with Gasteiger partial charge in [-0.2, -0.15) is 0 Å². The highest BCUT2D eigenvalue weighted by atomic mass is 16.3. The van der Waals surface area contributed by atoms with E-state index in [1.54, 1.807) is 0 Å². The van der Waals surface area contributed by atoms with Crippen molar-refractivity contribution >= 4 is 65.6 Å². The van der Waals surface area contributed by atoms with Crippen molar-refractivity contribution in [3.63, 3.8) is 0 Å². The van der Waals surface area contributed by atoms with Crippen LogP contribution in [0.3, 0.4) is 0 Å². The molecule has 56 heavy (non-hydrogen) atoms. The summed E-state index contributed by atoms with van der Waals surface area (Å²) < 4.78 is 11.4. The molecule has 0 amide bonds. The third-order valence-electron chi connectivity index (χ3n) is 11.6. The zero-order valence-corrected chi connectivity index (χ0v) is 31.1. The molecule has 1 aliphatic carbocycles. The molecule has 0 atom stereocenters. The lowest BCUT2D eigenvalue weighted by Crippen LogP contribution is -1.94. The van der Waals surface area contributed by atoms with Crippen molar-refractivity contribution in [1.29, 1.82) is 0 Å². The Morgan fingerprint density at radius 1 is 0.554 bits per heavy atom. The molecular weight excluding hydrogens is 681 g/mol. The number of nitrogens with zero attached hydrogens (tertiary/aromatic N) is 2. The quantitative estimate of drug-likeness (QED) is 0.162. The Kier molecular flexibility index (Phi) is 9.15. The Morgan fingerprint density at radius 2 is 1.05 bits per heavy atom. The SMILES string of the molecule is C.C=C(/C=C\C)C1CCCC1.c1cc(-c2cccc3c2oc2ccc(-n4c5ccccc5c5ccccc54)cc23)cc(-n2c3ccccc3c3ccccc32)c1. The van der Waals surface area contributed by atoms with E-state index in [0.29, 0.717) is 0 Å². The van der Waals surface area contributed by atoms with Crippen LogP contribution in [0.25, 0.3) is 88.1 Å². The minimum absolute atomic E-state index is 0. The molecule has 0 aliphatic heterocycles. The van der Waals surface area contributed by atoms with E-state index in [4.69, 9.17) is 4.42 Å². The van der Waals surface area contributed by atoms with Gasteiger partial charge in [0.2, 0.25) is 0 Å². The maximum Gasteiger partial charge on any atom is 0.143 e. The first-order valence-corrected chi connectivity index (χ1v) is 19.5. The lowest BCUT2D eigenvalue weighted by molar-refractivity contribution is 0.659. The van der Waals surface area contributed by atoms with Crippen LogP contribution in [-0.4, -0.2) is 9.13 Å². The number of hydrogen-bond donors (Lipinski definition) is 0. The fourth-order valence-electron chi connectivity index (χ4n) is 9.01. The van der Waals surface area contributed by atoms with Crippen molar-refractivity contribution in [2.75, 3.05) is 0 Å². The molecule has 3 aromatic heterocycles. The van der Waals surface area contributed by atoms with Crippen LogP contribution in [0.15, 0.2) is 186 Å². The summed E-state index contributed by atoms with van der Waals surface area (Å²) in [5, 5.41) is 7.28. The second kappa shape index (κ2) is 14.6. The van der Waals surface area contributed by atoms with Crippen LogP contribution in [0, 0.1) is 5.92 Å². The summed E-state index contributed by atoms with van der Waals surface area (Å²) >= 11 is 0. The van der Waals surface area contributed by atoms with Gasteiger partial charge >= 0.3 is 0 Å². The van der Waals surface area contributed by atoms with E-state index in [0.717, 1.165) is 50.4 Å². The Balaban J connectivity index is 0.000000328. The van der Waals surface area contributed by atoms with Gasteiger partial charge < -0.3 is 13.6 Å². The van der Waals surface area contributed by atoms with Crippen molar-refractivity contribution in [3.05, 3.63) is 182 Å². The summed E-state index contributed by atoms with van der Waals surface area (Å²) in [6.45, 7) is 6.10. The van der Waals surface area contributed by atoms with Crippen molar-refractivity contribution in [2.24, 2.45) is 5.92 Å². The molecule has 3 heteroatoms. The molecule has 274 valence electrons. The van der Waals surface area contributed by atoms with Gasteiger partial charge in [0.05, 0.1) is 22.1 Å². The molecule has 10 aromatic rings. The first-order chi connectivity index (χ1) is 27.2. The average molecular weight is 727 g/mol. The molecule has 3 heterocycles. The van der Waals surface area contributed by atoms with Gasteiger partial charge in [-0.3, -0.25) is 0 Å². The number of fused-ring (bicyclic) bond motifs is 9. The summed E-state index contributed by atoms with van der Waals surface area (Å²) in [4.78, 5) is 0. The van der Waals surface area contributed by atoms with Crippen molar-refractivity contribution in [1.82, 2.24) is 9.13 Å². The third-order valence-corrected chi connectivity index (χ3v) is 11.6. The number of furan rings is 1. The van der Waals surface area contributed by atoms with E-state index in [9.17, 15) is 0 Å². The van der Waals surface area contributed by atoms with Gasteiger partial charge in [0.1, 0.15) is 11.2 Å². The number of hydrogen-bond acceptors (Lipinski definition) is 1. The fourth-order valence-corrected chi connectivity index (χ4v) is 9.01. The zero-order valence-electron chi connectivity index (χ0n) is 31.1. The molecule has 3 nitrogen and oxygen atoms in total. The molecule has 1 saturated carbocycles. The van der Waals surface area contributed by atoms with Crippen LogP contribution in [-0.2, 0) is 0 Å². The minimum atomic E-state index is 0. The van der Waals surface area contributed by atoms with Gasteiger partial charge in [0.15, 0.2) is 0 Å². The van der Waals surface area contributed by atoms with E-state index in [2.05, 4.69) is 193 Å². The molecule has 0 unspecified atom stereocenters. The van der Waals surface area contributed by atoms with Gasteiger partial charge in [-0.15, -0.1) is 0 Å². The largest absolute Gasteiger partial charge is 0.455 e. The Morgan fingerprint density at radius 3 is 1.61 bits per heavy atom. The summed E-state index contributed by atoms with van der Waals surface area (Å²) in [6.07, 6.45) is 9.77. The molecule has 11 rings (SSSR count). The highest BCUT2D eigenvalue weighted by Crippen LogP contribution is 2.40. The van der Waals surface area contributed by atoms with Gasteiger partial charge in [-0.25, -0.2) is 0 Å². The summed E-state index contributed by atoms with van der Waals surface area (Å²) in [6, 6.07) is 56.4. The van der Waals surface area contributed by atoms with Gasteiger partial charge in [-0.1, -0.05) is 148 Å². The fraction of sp³-hybridized carbons (Fsp3) is 0.132. The molecule has 1 fully saturated rings. The second-order valence-electron chi connectivity index (χ2n) is 14.8. The van der Waals surface area contributed by atoms with E-state index < -0.39 is 0 Å². The van der Waals surface area contributed by atoms with Crippen LogP contribution in [0.4, 0.5) is 0 Å². The third kappa shape index (κ3) is 5.83. The Bertz CT molecular complexity index is 2980. The number of allylic oxidation sites excluding steroid dienone is 3. The van der Waals surface area contributed by atoms with Crippen LogP contribution in [0.5, 0.6) is 0 Å². The van der Waals surface area contributed by atoms with Crippen LogP contribution in [0.1, 0.15) is 40.0 Å². The lowest BCUT2D eigenvalue weighted by atomic mass is 9.99. The Hall–Kier alpha value is -6.58. The molecule has 7 aromatic carbocycles. The molecule has 0 N–H and O–H groups in total. The summed E-state index contributed by atoms with van der Waals surface area (Å²) in [5.41, 5.74) is 12.4. The zero-order chi connectivity index (χ0) is 36.9. The highest BCUT2D eigenvalue weighted by Gasteiger charge is 2.18. The van der Waals surface area contributed by atoms with Gasteiger partial charge in [0.25, 0.3) is 0 Å².